The number of sulfonamides is 1. The van der Waals surface area contributed by atoms with Gasteiger partial charge in [-0.3, -0.25) is 4.98 Å². The summed E-state index contributed by atoms with van der Waals surface area (Å²) < 4.78 is 26.0. The van der Waals surface area contributed by atoms with Crippen molar-refractivity contribution in [2.24, 2.45) is 0 Å². The van der Waals surface area contributed by atoms with Crippen molar-refractivity contribution in [1.82, 2.24) is 15.0 Å². The Bertz CT molecular complexity index is 434. The fourth-order valence-electron chi connectivity index (χ4n) is 1.60. The lowest BCUT2D eigenvalue weighted by atomic mass is 10.3. The number of nitrogens with zero attached hydrogens (tertiary/aromatic N) is 1. The summed E-state index contributed by atoms with van der Waals surface area (Å²) >= 11 is 0. The standard InChI is InChI=1S/C13H23N3O2S/c1-2-8-14-9-5-6-11-19(17,18)16-12-13-7-3-4-10-15-13/h3-4,7,10,14,16H,2,5-6,8-9,11-12H2,1H3. The van der Waals surface area contributed by atoms with Crippen molar-refractivity contribution in [3.8, 4) is 0 Å². The summed E-state index contributed by atoms with van der Waals surface area (Å²) in [6, 6.07) is 5.45. The van der Waals surface area contributed by atoms with Gasteiger partial charge in [-0.05, 0) is 44.5 Å². The van der Waals surface area contributed by atoms with Crippen LogP contribution in [-0.2, 0) is 16.6 Å². The van der Waals surface area contributed by atoms with E-state index >= 15 is 0 Å². The molecule has 0 saturated heterocycles. The van der Waals surface area contributed by atoms with Gasteiger partial charge in [-0.2, -0.15) is 0 Å². The number of hydrogen-bond donors (Lipinski definition) is 2. The Balaban J connectivity index is 2.17. The first-order valence-electron chi connectivity index (χ1n) is 6.72. The van der Waals surface area contributed by atoms with Gasteiger partial charge in [0, 0.05) is 6.20 Å². The topological polar surface area (TPSA) is 71.1 Å². The van der Waals surface area contributed by atoms with Crippen LogP contribution in [0.25, 0.3) is 0 Å². The summed E-state index contributed by atoms with van der Waals surface area (Å²) in [6.07, 6.45) is 4.31. The van der Waals surface area contributed by atoms with Crippen molar-refractivity contribution < 1.29 is 8.42 Å². The van der Waals surface area contributed by atoms with E-state index in [0.717, 1.165) is 31.6 Å². The van der Waals surface area contributed by atoms with Crippen molar-refractivity contribution in [2.75, 3.05) is 18.8 Å². The predicted octanol–water partition coefficient (Wildman–Crippen LogP) is 1.28. The zero-order chi connectivity index (χ0) is 14.0. The van der Waals surface area contributed by atoms with E-state index in [1.54, 1.807) is 18.3 Å². The van der Waals surface area contributed by atoms with E-state index < -0.39 is 10.0 Å². The second-order valence-corrected chi connectivity index (χ2v) is 6.34. The summed E-state index contributed by atoms with van der Waals surface area (Å²) in [5, 5.41) is 3.25. The highest BCUT2D eigenvalue weighted by Gasteiger charge is 2.09. The third-order valence-corrected chi connectivity index (χ3v) is 4.05. The Morgan fingerprint density at radius 3 is 2.74 bits per heavy atom. The molecule has 0 atom stereocenters. The molecular formula is C13H23N3O2S. The van der Waals surface area contributed by atoms with E-state index in [0.29, 0.717) is 6.42 Å². The monoisotopic (exact) mass is 285 g/mol. The van der Waals surface area contributed by atoms with Gasteiger partial charge in [0.1, 0.15) is 0 Å². The number of rotatable bonds is 10. The van der Waals surface area contributed by atoms with Crippen molar-refractivity contribution in [2.45, 2.75) is 32.7 Å². The molecule has 0 aliphatic rings. The Hall–Kier alpha value is -0.980. The molecule has 2 N–H and O–H groups in total. The Morgan fingerprint density at radius 2 is 2.05 bits per heavy atom. The van der Waals surface area contributed by atoms with Crippen LogP contribution in [0.3, 0.4) is 0 Å². The molecule has 0 spiro atoms. The molecule has 0 amide bonds. The molecule has 0 aliphatic heterocycles. The molecule has 1 heterocycles. The van der Waals surface area contributed by atoms with Gasteiger partial charge in [0.2, 0.25) is 10.0 Å². The largest absolute Gasteiger partial charge is 0.317 e. The van der Waals surface area contributed by atoms with Gasteiger partial charge in [0.25, 0.3) is 0 Å². The van der Waals surface area contributed by atoms with E-state index in [-0.39, 0.29) is 12.3 Å². The van der Waals surface area contributed by atoms with Crippen molar-refractivity contribution in [3.63, 3.8) is 0 Å². The molecule has 0 saturated carbocycles. The van der Waals surface area contributed by atoms with E-state index in [4.69, 9.17) is 0 Å². The van der Waals surface area contributed by atoms with Gasteiger partial charge < -0.3 is 5.32 Å². The van der Waals surface area contributed by atoms with Crippen LogP contribution in [0.4, 0.5) is 0 Å². The third-order valence-electron chi connectivity index (χ3n) is 2.64. The molecule has 0 aliphatic carbocycles. The van der Waals surface area contributed by atoms with Crippen molar-refractivity contribution in [3.05, 3.63) is 30.1 Å². The Kier molecular flexibility index (Phi) is 7.62. The predicted molar refractivity (Wildman–Crippen MR) is 77.3 cm³/mol. The Labute approximate surface area is 115 Å². The molecule has 5 nitrogen and oxygen atoms in total. The lowest BCUT2D eigenvalue weighted by Crippen LogP contribution is -2.27. The fraction of sp³-hybridized carbons (Fsp3) is 0.615. The molecule has 1 aromatic rings. The van der Waals surface area contributed by atoms with Crippen LogP contribution in [0.5, 0.6) is 0 Å². The highest BCUT2D eigenvalue weighted by molar-refractivity contribution is 7.89. The van der Waals surface area contributed by atoms with Gasteiger partial charge in [-0.25, -0.2) is 13.1 Å². The van der Waals surface area contributed by atoms with Crippen LogP contribution in [0, 0.1) is 0 Å². The third kappa shape index (κ3) is 7.92. The molecule has 0 unspecified atom stereocenters. The number of pyridine rings is 1. The first-order chi connectivity index (χ1) is 9.14. The molecule has 0 aromatic carbocycles. The fourth-order valence-corrected chi connectivity index (χ4v) is 2.70. The summed E-state index contributed by atoms with van der Waals surface area (Å²) in [5.74, 6) is 0.174. The number of unbranched alkanes of at least 4 members (excludes halogenated alkanes) is 1. The maximum atomic E-state index is 11.7. The first kappa shape index (κ1) is 16.1. The Morgan fingerprint density at radius 1 is 1.21 bits per heavy atom. The lowest BCUT2D eigenvalue weighted by molar-refractivity contribution is 0.572. The second-order valence-electron chi connectivity index (χ2n) is 4.42. The lowest BCUT2D eigenvalue weighted by Gasteiger charge is -2.06. The molecule has 0 fully saturated rings. The zero-order valence-electron chi connectivity index (χ0n) is 11.4. The number of aromatic nitrogens is 1. The molecule has 19 heavy (non-hydrogen) atoms. The highest BCUT2D eigenvalue weighted by atomic mass is 32.2. The van der Waals surface area contributed by atoms with Gasteiger partial charge in [0.05, 0.1) is 18.0 Å². The summed E-state index contributed by atoms with van der Waals surface area (Å²) in [7, 11) is -3.19. The molecule has 0 bridgehead atoms. The first-order valence-corrected chi connectivity index (χ1v) is 8.37. The van der Waals surface area contributed by atoms with Gasteiger partial charge >= 0.3 is 0 Å². The average Bonchev–Trinajstić information content (AvgIpc) is 2.42. The van der Waals surface area contributed by atoms with Crippen LogP contribution in [-0.4, -0.2) is 32.2 Å². The van der Waals surface area contributed by atoms with Crippen LogP contribution < -0.4 is 10.0 Å². The number of hydrogen-bond acceptors (Lipinski definition) is 4. The van der Waals surface area contributed by atoms with Crippen molar-refractivity contribution >= 4 is 10.0 Å². The number of nitrogens with one attached hydrogen (secondary N) is 2. The smallest absolute Gasteiger partial charge is 0.211 e. The molecule has 0 radical (unpaired) electrons. The van der Waals surface area contributed by atoms with Gasteiger partial charge in [-0.1, -0.05) is 13.0 Å². The molecular weight excluding hydrogens is 262 g/mol. The maximum Gasteiger partial charge on any atom is 0.211 e. The van der Waals surface area contributed by atoms with Crippen LogP contribution in [0.2, 0.25) is 0 Å². The SMILES string of the molecule is CCCNCCCCS(=O)(=O)NCc1ccccn1. The van der Waals surface area contributed by atoms with Crippen LogP contribution in [0.15, 0.2) is 24.4 Å². The minimum atomic E-state index is -3.19. The summed E-state index contributed by atoms with van der Waals surface area (Å²) in [6.45, 7) is 4.24. The maximum absolute atomic E-state index is 11.7. The van der Waals surface area contributed by atoms with Gasteiger partial charge in [-0.15, -0.1) is 0 Å². The molecule has 6 heteroatoms. The average molecular weight is 285 g/mol. The normalized spacial score (nSPS) is 11.6. The van der Waals surface area contributed by atoms with E-state index in [1.165, 1.54) is 0 Å². The van der Waals surface area contributed by atoms with E-state index in [2.05, 4.69) is 21.9 Å². The second kappa shape index (κ2) is 9.01. The van der Waals surface area contributed by atoms with Gasteiger partial charge in [0.15, 0.2) is 0 Å². The molecule has 108 valence electrons. The minimum Gasteiger partial charge on any atom is -0.317 e. The minimum absolute atomic E-state index is 0.174. The van der Waals surface area contributed by atoms with E-state index in [9.17, 15) is 8.42 Å². The highest BCUT2D eigenvalue weighted by Crippen LogP contribution is 1.97. The summed E-state index contributed by atoms with van der Waals surface area (Å²) in [4.78, 5) is 4.08. The van der Waals surface area contributed by atoms with E-state index in [1.807, 2.05) is 6.07 Å². The molecule has 1 aromatic heterocycles. The van der Waals surface area contributed by atoms with Crippen LogP contribution in [0.1, 0.15) is 31.9 Å². The van der Waals surface area contributed by atoms with Crippen molar-refractivity contribution in [1.29, 1.82) is 0 Å². The van der Waals surface area contributed by atoms with Crippen LogP contribution >= 0.6 is 0 Å². The quantitative estimate of drug-likeness (QED) is 0.635. The summed E-state index contributed by atoms with van der Waals surface area (Å²) in [5.41, 5.74) is 0.732. The zero-order valence-corrected chi connectivity index (χ0v) is 12.2. The molecule has 1 rings (SSSR count).